The predicted molar refractivity (Wildman–Crippen MR) is 136 cm³/mol. The number of ether oxygens (including phenoxy) is 1. The number of aliphatic hydroxyl groups is 1. The summed E-state index contributed by atoms with van der Waals surface area (Å²) in [4.78, 5) is 28.0. The van der Waals surface area contributed by atoms with Gasteiger partial charge in [0.25, 0.3) is 11.7 Å². The smallest absolute Gasteiger partial charge is 0.300 e. The van der Waals surface area contributed by atoms with E-state index in [0.29, 0.717) is 29.2 Å². The Morgan fingerprint density at radius 2 is 1.71 bits per heavy atom. The average Bonchev–Trinajstić information content (AvgIpc) is 3.09. The van der Waals surface area contributed by atoms with Crippen molar-refractivity contribution in [3.63, 3.8) is 0 Å². The topological polar surface area (TPSA) is 87.1 Å². The van der Waals surface area contributed by atoms with Gasteiger partial charge in [0.2, 0.25) is 0 Å². The average molecular weight is 492 g/mol. The zero-order valence-corrected chi connectivity index (χ0v) is 20.7. The number of hydrogen-bond acceptors (Lipinski definition) is 5. The van der Waals surface area contributed by atoms with Gasteiger partial charge >= 0.3 is 0 Å². The first-order valence-corrected chi connectivity index (χ1v) is 11.6. The minimum absolute atomic E-state index is 0.0569. The van der Waals surface area contributed by atoms with Gasteiger partial charge in [-0.05, 0) is 92.4 Å². The summed E-state index contributed by atoms with van der Waals surface area (Å²) in [5.74, 6) is -1.31. The fourth-order valence-corrected chi connectivity index (χ4v) is 4.44. The summed E-state index contributed by atoms with van der Waals surface area (Å²) in [5, 5.41) is 21.3. The maximum absolute atomic E-state index is 13.3. The summed E-state index contributed by atoms with van der Waals surface area (Å²) < 4.78 is 5.58. The quantitative estimate of drug-likeness (QED) is 0.260. The maximum Gasteiger partial charge on any atom is 0.300 e. The molecule has 0 spiro atoms. The van der Waals surface area contributed by atoms with Crippen LogP contribution in [0.3, 0.4) is 0 Å². The number of hydrogen-bond donors (Lipinski definition) is 2. The molecular formula is C28H26ClNO5. The minimum atomic E-state index is -0.943. The number of carbonyl (C=O) groups is 2. The van der Waals surface area contributed by atoms with Crippen LogP contribution in [0.4, 0.5) is 5.69 Å². The standard InChI is InChI=1S/C28H26ClNO5/c1-5-35-23-11-8-19(12-17(23)4)26(32)24-25(18-7-10-22(31)21(29)14-18)30(28(34)27(24)33)20-9-6-15(2)16(3)13-20/h6-14,25,31-32H,5H2,1-4H3/b26-24+. The molecule has 3 aromatic carbocycles. The zero-order valence-electron chi connectivity index (χ0n) is 19.9. The molecule has 35 heavy (non-hydrogen) atoms. The number of rotatable bonds is 5. The molecule has 1 fully saturated rings. The first kappa shape index (κ1) is 24.4. The Hall–Kier alpha value is -3.77. The third-order valence-electron chi connectivity index (χ3n) is 6.25. The summed E-state index contributed by atoms with van der Waals surface area (Å²) >= 11 is 6.19. The molecule has 6 nitrogen and oxygen atoms in total. The first-order valence-electron chi connectivity index (χ1n) is 11.2. The van der Waals surface area contributed by atoms with Gasteiger partial charge < -0.3 is 14.9 Å². The number of Topliss-reactive ketones (excluding diaryl/α,β-unsaturated/α-hetero) is 1. The van der Waals surface area contributed by atoms with Crippen molar-refractivity contribution in [1.29, 1.82) is 0 Å². The predicted octanol–water partition coefficient (Wildman–Crippen LogP) is 6.00. The molecule has 4 rings (SSSR count). The molecule has 0 saturated carbocycles. The highest BCUT2D eigenvalue weighted by molar-refractivity contribution is 6.51. The molecule has 1 amide bonds. The lowest BCUT2D eigenvalue weighted by Crippen LogP contribution is -2.29. The number of amides is 1. The van der Waals surface area contributed by atoms with Crippen molar-refractivity contribution in [2.45, 2.75) is 33.7 Å². The molecule has 0 bridgehead atoms. The van der Waals surface area contributed by atoms with E-state index in [1.807, 2.05) is 39.8 Å². The molecule has 7 heteroatoms. The molecule has 1 saturated heterocycles. The van der Waals surface area contributed by atoms with Crippen molar-refractivity contribution in [3.8, 4) is 11.5 Å². The van der Waals surface area contributed by atoms with E-state index in [1.165, 1.54) is 17.0 Å². The highest BCUT2D eigenvalue weighted by Gasteiger charge is 2.47. The van der Waals surface area contributed by atoms with Gasteiger partial charge in [-0.25, -0.2) is 0 Å². The largest absolute Gasteiger partial charge is 0.507 e. The first-order chi connectivity index (χ1) is 16.6. The SMILES string of the molecule is CCOc1ccc(/C(O)=C2\C(=O)C(=O)N(c3ccc(C)c(C)c3)C2c2ccc(O)c(Cl)c2)cc1C. The maximum atomic E-state index is 13.3. The molecular weight excluding hydrogens is 466 g/mol. The number of phenols is 1. The zero-order chi connectivity index (χ0) is 25.4. The van der Waals surface area contributed by atoms with Crippen LogP contribution in [0, 0.1) is 20.8 Å². The minimum Gasteiger partial charge on any atom is -0.507 e. The molecule has 180 valence electrons. The normalized spacial score (nSPS) is 17.2. The van der Waals surface area contributed by atoms with E-state index in [2.05, 4.69) is 0 Å². The molecule has 1 unspecified atom stereocenters. The van der Waals surface area contributed by atoms with E-state index in [-0.39, 0.29) is 22.1 Å². The Morgan fingerprint density at radius 3 is 2.34 bits per heavy atom. The number of ketones is 1. The van der Waals surface area contributed by atoms with Gasteiger partial charge in [-0.3, -0.25) is 14.5 Å². The van der Waals surface area contributed by atoms with Gasteiger partial charge in [-0.15, -0.1) is 0 Å². The van der Waals surface area contributed by atoms with Gasteiger partial charge in [-0.2, -0.15) is 0 Å². The van der Waals surface area contributed by atoms with Crippen molar-refractivity contribution in [3.05, 3.63) is 93.0 Å². The molecule has 0 radical (unpaired) electrons. The Balaban J connectivity index is 1.94. The Morgan fingerprint density at radius 1 is 0.971 bits per heavy atom. The number of phenolic OH excluding ortho intramolecular Hbond substituents is 1. The lowest BCUT2D eigenvalue weighted by atomic mass is 9.94. The fraction of sp³-hybridized carbons (Fsp3) is 0.214. The fourth-order valence-electron chi connectivity index (χ4n) is 4.25. The van der Waals surface area contributed by atoms with Crippen LogP contribution in [-0.2, 0) is 9.59 Å². The number of aliphatic hydroxyl groups excluding tert-OH is 1. The van der Waals surface area contributed by atoms with Crippen molar-refractivity contribution in [2.75, 3.05) is 11.5 Å². The molecule has 0 aliphatic carbocycles. The second-order valence-corrected chi connectivity index (χ2v) is 8.97. The molecule has 1 aliphatic rings. The van der Waals surface area contributed by atoms with E-state index < -0.39 is 17.7 Å². The molecule has 3 aromatic rings. The Bertz CT molecular complexity index is 1380. The van der Waals surface area contributed by atoms with E-state index in [1.54, 1.807) is 30.3 Å². The Labute approximate surface area is 209 Å². The molecule has 0 aromatic heterocycles. The number of benzene rings is 3. The highest BCUT2D eigenvalue weighted by Crippen LogP contribution is 2.44. The van der Waals surface area contributed by atoms with Gasteiger partial charge in [0.15, 0.2) is 0 Å². The molecule has 2 N–H and O–H groups in total. The monoisotopic (exact) mass is 491 g/mol. The van der Waals surface area contributed by atoms with Crippen molar-refractivity contribution in [1.82, 2.24) is 0 Å². The highest BCUT2D eigenvalue weighted by atomic mass is 35.5. The summed E-state index contributed by atoms with van der Waals surface area (Å²) in [6.07, 6.45) is 0. The van der Waals surface area contributed by atoms with Crippen molar-refractivity contribution in [2.24, 2.45) is 0 Å². The third-order valence-corrected chi connectivity index (χ3v) is 6.55. The van der Waals surface area contributed by atoms with Crippen LogP contribution in [0.1, 0.15) is 40.8 Å². The van der Waals surface area contributed by atoms with Crippen LogP contribution in [-0.4, -0.2) is 28.5 Å². The summed E-state index contributed by atoms with van der Waals surface area (Å²) in [7, 11) is 0. The van der Waals surface area contributed by atoms with Crippen molar-refractivity contribution < 1.29 is 24.5 Å². The summed E-state index contributed by atoms with van der Waals surface area (Å²) in [6.45, 7) is 8.09. The van der Waals surface area contributed by atoms with Crippen LogP contribution in [0.15, 0.2) is 60.2 Å². The number of carbonyl (C=O) groups excluding carboxylic acids is 2. The van der Waals surface area contributed by atoms with Crippen LogP contribution >= 0.6 is 11.6 Å². The number of anilines is 1. The third kappa shape index (κ3) is 4.37. The number of nitrogens with zero attached hydrogens (tertiary/aromatic N) is 1. The lowest BCUT2D eigenvalue weighted by molar-refractivity contribution is -0.132. The molecule has 1 heterocycles. The number of halogens is 1. The second kappa shape index (κ2) is 9.47. The van der Waals surface area contributed by atoms with E-state index in [0.717, 1.165) is 16.7 Å². The molecule has 1 atom stereocenters. The number of aryl methyl sites for hydroxylation is 3. The van der Waals surface area contributed by atoms with E-state index in [4.69, 9.17) is 16.3 Å². The summed E-state index contributed by atoms with van der Waals surface area (Å²) in [6, 6.07) is 14.1. The van der Waals surface area contributed by atoms with Gasteiger partial charge in [-0.1, -0.05) is 23.7 Å². The van der Waals surface area contributed by atoms with E-state index >= 15 is 0 Å². The van der Waals surface area contributed by atoms with Crippen LogP contribution < -0.4 is 9.64 Å². The lowest BCUT2D eigenvalue weighted by Gasteiger charge is -2.26. The van der Waals surface area contributed by atoms with E-state index in [9.17, 15) is 19.8 Å². The van der Waals surface area contributed by atoms with Crippen LogP contribution in [0.5, 0.6) is 11.5 Å². The van der Waals surface area contributed by atoms with Crippen LogP contribution in [0.25, 0.3) is 5.76 Å². The van der Waals surface area contributed by atoms with Gasteiger partial charge in [0.05, 0.1) is 23.2 Å². The molecule has 1 aliphatic heterocycles. The van der Waals surface area contributed by atoms with Crippen molar-refractivity contribution >= 4 is 34.7 Å². The second-order valence-electron chi connectivity index (χ2n) is 8.56. The Kier molecular flexibility index (Phi) is 6.59. The number of aromatic hydroxyl groups is 1. The van der Waals surface area contributed by atoms with Gasteiger partial charge in [0.1, 0.15) is 17.3 Å². The van der Waals surface area contributed by atoms with Crippen LogP contribution in [0.2, 0.25) is 5.02 Å². The van der Waals surface area contributed by atoms with Gasteiger partial charge in [0, 0.05) is 11.3 Å². The summed E-state index contributed by atoms with van der Waals surface area (Å²) in [5.41, 5.74) is 4.11.